The monoisotopic (exact) mass is 346 g/mol. The Morgan fingerprint density at radius 2 is 1.77 bits per heavy atom. The summed E-state index contributed by atoms with van der Waals surface area (Å²) in [6, 6.07) is 15.5. The third-order valence-electron chi connectivity index (χ3n) is 2.98. The van der Waals surface area contributed by atoms with Gasteiger partial charge in [-0.2, -0.15) is 0 Å². The van der Waals surface area contributed by atoms with E-state index in [0.717, 1.165) is 15.4 Å². The minimum Gasteiger partial charge on any atom is -0.328 e. The highest BCUT2D eigenvalue weighted by atomic mass is 35.5. The maximum atomic E-state index is 11.7. The van der Waals surface area contributed by atoms with Crippen molar-refractivity contribution in [3.05, 3.63) is 64.8 Å². The Morgan fingerprint density at radius 1 is 1.05 bits per heavy atom. The molecule has 3 rings (SSSR count). The van der Waals surface area contributed by atoms with Gasteiger partial charge in [0.15, 0.2) is 5.11 Å². The maximum Gasteiger partial charge on any atom is 0.273 e. The van der Waals surface area contributed by atoms with Gasteiger partial charge in [-0.15, -0.1) is 0 Å². The van der Waals surface area contributed by atoms with Crippen LogP contribution in [0.4, 0.5) is 0 Å². The lowest BCUT2D eigenvalue weighted by molar-refractivity contribution is -0.115. The van der Waals surface area contributed by atoms with E-state index in [9.17, 15) is 4.79 Å². The summed E-state index contributed by atoms with van der Waals surface area (Å²) < 4.78 is 0. The number of halogens is 1. The van der Waals surface area contributed by atoms with Crippen LogP contribution in [0.3, 0.4) is 0 Å². The minimum absolute atomic E-state index is 0.212. The van der Waals surface area contributed by atoms with Crippen molar-refractivity contribution in [3.8, 4) is 0 Å². The van der Waals surface area contributed by atoms with Crippen molar-refractivity contribution in [1.29, 1.82) is 0 Å². The fourth-order valence-corrected chi connectivity index (χ4v) is 3.21. The summed E-state index contributed by atoms with van der Waals surface area (Å²) in [6.07, 6.45) is 1.80. The number of amides is 1. The Balaban J connectivity index is 1.90. The molecule has 22 heavy (non-hydrogen) atoms. The predicted octanol–water partition coefficient (Wildman–Crippen LogP) is 3.84. The number of nitrogens with one attached hydrogen (secondary N) is 2. The summed E-state index contributed by atoms with van der Waals surface area (Å²) in [7, 11) is 0. The fourth-order valence-electron chi connectivity index (χ4n) is 1.96. The van der Waals surface area contributed by atoms with Gasteiger partial charge in [-0.05, 0) is 54.2 Å². The Morgan fingerprint density at radius 3 is 2.45 bits per heavy atom. The van der Waals surface area contributed by atoms with Crippen molar-refractivity contribution in [3.63, 3.8) is 0 Å². The van der Waals surface area contributed by atoms with E-state index in [0.29, 0.717) is 15.8 Å². The second kappa shape index (κ2) is 6.52. The minimum atomic E-state index is -0.212. The van der Waals surface area contributed by atoms with E-state index in [1.807, 2.05) is 48.5 Å². The first kappa shape index (κ1) is 15.1. The molecule has 6 heteroatoms. The molecule has 1 aliphatic rings. The number of carbonyl (C=O) groups excluding carboxylic acids is 1. The second-order valence-corrected chi connectivity index (χ2v) is 6.52. The van der Waals surface area contributed by atoms with Gasteiger partial charge >= 0.3 is 0 Å². The molecule has 0 aliphatic carbocycles. The van der Waals surface area contributed by atoms with Gasteiger partial charge in [0.1, 0.15) is 5.70 Å². The van der Waals surface area contributed by atoms with Crippen LogP contribution < -0.4 is 10.6 Å². The lowest BCUT2D eigenvalue weighted by Crippen LogP contribution is -2.21. The van der Waals surface area contributed by atoms with Gasteiger partial charge < -0.3 is 5.32 Å². The van der Waals surface area contributed by atoms with Crippen LogP contribution in [0.5, 0.6) is 0 Å². The van der Waals surface area contributed by atoms with Crippen LogP contribution >= 0.6 is 35.6 Å². The van der Waals surface area contributed by atoms with Gasteiger partial charge in [0, 0.05) is 14.8 Å². The molecule has 0 saturated carbocycles. The van der Waals surface area contributed by atoms with Crippen LogP contribution in [0, 0.1) is 0 Å². The summed E-state index contributed by atoms with van der Waals surface area (Å²) in [5.41, 5.74) is 1.40. The molecule has 0 radical (unpaired) electrons. The molecule has 0 atom stereocenters. The van der Waals surface area contributed by atoms with Crippen molar-refractivity contribution in [2.75, 3.05) is 0 Å². The molecule has 0 bridgehead atoms. The standard InChI is InChI=1S/C16H11ClN2OS2/c17-11-5-7-12(8-6-11)22-14-4-2-1-3-10(14)9-13-15(20)19-16(21)18-13/h1-9H,(H2,18,19,20,21)/b13-9+. The number of carbonyl (C=O) groups is 1. The van der Waals surface area contributed by atoms with Crippen molar-refractivity contribution in [2.24, 2.45) is 0 Å². The molecular weight excluding hydrogens is 336 g/mol. The molecule has 2 N–H and O–H groups in total. The summed E-state index contributed by atoms with van der Waals surface area (Å²) in [5, 5.41) is 6.45. The molecule has 0 spiro atoms. The molecule has 3 nitrogen and oxygen atoms in total. The number of hydrogen-bond acceptors (Lipinski definition) is 3. The highest BCUT2D eigenvalue weighted by Gasteiger charge is 2.20. The lowest BCUT2D eigenvalue weighted by Gasteiger charge is -2.06. The molecule has 2 aromatic carbocycles. The van der Waals surface area contributed by atoms with E-state index < -0.39 is 0 Å². The molecule has 1 amide bonds. The van der Waals surface area contributed by atoms with Crippen LogP contribution in [-0.2, 0) is 4.79 Å². The SMILES string of the molecule is O=C1NC(=S)N/C1=C/c1ccccc1Sc1ccc(Cl)cc1. The zero-order valence-electron chi connectivity index (χ0n) is 11.3. The smallest absolute Gasteiger partial charge is 0.273 e. The average Bonchev–Trinajstić information content (AvgIpc) is 2.81. The van der Waals surface area contributed by atoms with Gasteiger partial charge in [0.05, 0.1) is 0 Å². The zero-order valence-corrected chi connectivity index (χ0v) is 13.7. The molecular formula is C16H11ClN2OS2. The topological polar surface area (TPSA) is 41.1 Å². The van der Waals surface area contributed by atoms with Gasteiger partial charge in [-0.1, -0.05) is 41.6 Å². The Labute approximate surface area is 142 Å². The predicted molar refractivity (Wildman–Crippen MR) is 93.9 cm³/mol. The summed E-state index contributed by atoms with van der Waals surface area (Å²) in [6.45, 7) is 0. The first-order valence-corrected chi connectivity index (χ1v) is 8.08. The van der Waals surface area contributed by atoms with E-state index in [-0.39, 0.29) is 5.91 Å². The molecule has 1 saturated heterocycles. The van der Waals surface area contributed by atoms with Crippen LogP contribution in [0.15, 0.2) is 64.0 Å². The summed E-state index contributed by atoms with van der Waals surface area (Å²) in [4.78, 5) is 13.9. The van der Waals surface area contributed by atoms with Crippen molar-refractivity contribution in [2.45, 2.75) is 9.79 Å². The van der Waals surface area contributed by atoms with Gasteiger partial charge in [-0.3, -0.25) is 10.1 Å². The molecule has 1 aliphatic heterocycles. The van der Waals surface area contributed by atoms with Gasteiger partial charge in [-0.25, -0.2) is 0 Å². The number of thiocarbonyl (C=S) groups is 1. The highest BCUT2D eigenvalue weighted by molar-refractivity contribution is 7.99. The summed E-state index contributed by atoms with van der Waals surface area (Å²) >= 11 is 12.5. The number of benzene rings is 2. The average molecular weight is 347 g/mol. The van der Waals surface area contributed by atoms with Crippen molar-refractivity contribution >= 4 is 52.7 Å². The first-order valence-electron chi connectivity index (χ1n) is 6.48. The zero-order chi connectivity index (χ0) is 15.5. The fraction of sp³-hybridized carbons (Fsp3) is 0. The van der Waals surface area contributed by atoms with E-state index in [4.69, 9.17) is 23.8 Å². The number of hydrogen-bond donors (Lipinski definition) is 2. The van der Waals surface area contributed by atoms with E-state index in [1.54, 1.807) is 17.8 Å². The van der Waals surface area contributed by atoms with Crippen LogP contribution in [0.25, 0.3) is 6.08 Å². The van der Waals surface area contributed by atoms with E-state index >= 15 is 0 Å². The van der Waals surface area contributed by atoms with Crippen LogP contribution in [-0.4, -0.2) is 11.0 Å². The van der Waals surface area contributed by atoms with E-state index in [1.165, 1.54) is 0 Å². The molecule has 0 aromatic heterocycles. The molecule has 1 heterocycles. The normalized spacial score (nSPS) is 15.8. The quantitative estimate of drug-likeness (QED) is 0.654. The van der Waals surface area contributed by atoms with Crippen molar-refractivity contribution < 1.29 is 4.79 Å². The first-order chi connectivity index (χ1) is 10.6. The highest BCUT2D eigenvalue weighted by Crippen LogP contribution is 2.32. The lowest BCUT2D eigenvalue weighted by atomic mass is 10.2. The van der Waals surface area contributed by atoms with E-state index in [2.05, 4.69) is 10.6 Å². The largest absolute Gasteiger partial charge is 0.328 e. The third kappa shape index (κ3) is 3.50. The Kier molecular flexibility index (Phi) is 4.47. The van der Waals surface area contributed by atoms with Crippen LogP contribution in [0.1, 0.15) is 5.56 Å². The van der Waals surface area contributed by atoms with Gasteiger partial charge in [0.2, 0.25) is 0 Å². The number of rotatable bonds is 3. The Hall–Kier alpha value is -1.82. The van der Waals surface area contributed by atoms with Gasteiger partial charge in [0.25, 0.3) is 5.91 Å². The molecule has 1 fully saturated rings. The van der Waals surface area contributed by atoms with Crippen LogP contribution in [0.2, 0.25) is 5.02 Å². The molecule has 110 valence electrons. The summed E-state index contributed by atoms with van der Waals surface area (Å²) in [5.74, 6) is -0.212. The Bertz CT molecular complexity index is 772. The van der Waals surface area contributed by atoms with Crippen molar-refractivity contribution in [1.82, 2.24) is 10.6 Å². The maximum absolute atomic E-state index is 11.7. The molecule has 2 aromatic rings. The third-order valence-corrected chi connectivity index (χ3v) is 4.54. The second-order valence-electron chi connectivity index (χ2n) is 4.56. The molecule has 0 unspecified atom stereocenters.